The number of nitrogens with two attached hydrogens (primary N) is 2. The maximum absolute atomic E-state index is 11.7. The number of carbonyl (C=O) groups is 1. The van der Waals surface area contributed by atoms with E-state index in [0.717, 1.165) is 29.0 Å². The zero-order valence-electron chi connectivity index (χ0n) is 13.6. The quantitative estimate of drug-likeness (QED) is 0.362. The van der Waals surface area contributed by atoms with E-state index in [9.17, 15) is 4.79 Å². The molecule has 0 unspecified atom stereocenters. The predicted octanol–water partition coefficient (Wildman–Crippen LogP) is 1.78. The zero-order chi connectivity index (χ0) is 17.4. The molecule has 0 fully saturated rings. The number of nitrogen functional groups attached to an aromatic ring is 1. The van der Waals surface area contributed by atoms with Crippen LogP contribution in [0.15, 0.2) is 35.3 Å². The van der Waals surface area contributed by atoms with Crippen LogP contribution in [0.2, 0.25) is 0 Å². The number of amides is 2. The van der Waals surface area contributed by atoms with Crippen molar-refractivity contribution < 1.29 is 4.79 Å². The lowest BCUT2D eigenvalue weighted by atomic mass is 10.2. The largest absolute Gasteiger partial charge is 0.375 e. The number of guanidine groups is 1. The Morgan fingerprint density at radius 3 is 2.75 bits per heavy atom. The highest BCUT2D eigenvalue weighted by molar-refractivity contribution is 7.15. The number of thiazole rings is 1. The average molecular weight is 346 g/mol. The van der Waals surface area contributed by atoms with Crippen molar-refractivity contribution in [2.45, 2.75) is 26.3 Å². The summed E-state index contributed by atoms with van der Waals surface area (Å²) in [6.45, 7) is 2.91. The highest BCUT2D eigenvalue weighted by atomic mass is 32.1. The Balaban J connectivity index is 1.67. The minimum atomic E-state index is -0.369. The van der Waals surface area contributed by atoms with Crippen LogP contribution in [0.25, 0.3) is 0 Å². The minimum Gasteiger partial charge on any atom is -0.375 e. The summed E-state index contributed by atoms with van der Waals surface area (Å²) in [7, 11) is 0. The molecular formula is C16H22N6OS. The maximum atomic E-state index is 11.7. The van der Waals surface area contributed by atoms with Crippen molar-refractivity contribution in [3.8, 4) is 0 Å². The third-order valence-electron chi connectivity index (χ3n) is 3.29. The number of benzene rings is 1. The molecule has 0 radical (unpaired) electrons. The van der Waals surface area contributed by atoms with Gasteiger partial charge in [-0.25, -0.2) is 9.78 Å². The Morgan fingerprint density at radius 1 is 1.33 bits per heavy atom. The second-order valence-electron chi connectivity index (χ2n) is 5.22. The third kappa shape index (κ3) is 5.88. The lowest BCUT2D eigenvalue weighted by molar-refractivity contribution is 0.245. The smallest absolute Gasteiger partial charge is 0.321 e. The topological polar surface area (TPSA) is 118 Å². The van der Waals surface area contributed by atoms with E-state index in [0.29, 0.717) is 18.2 Å². The highest BCUT2D eigenvalue weighted by Crippen LogP contribution is 2.20. The normalized spacial score (nSPS) is 11.3. The van der Waals surface area contributed by atoms with E-state index in [4.69, 9.17) is 11.5 Å². The summed E-state index contributed by atoms with van der Waals surface area (Å²) < 4.78 is 0. The Hall–Kier alpha value is -2.61. The zero-order valence-corrected chi connectivity index (χ0v) is 14.4. The fourth-order valence-electron chi connectivity index (χ4n) is 2.10. The standard InChI is InChI=1S/C16H22N6OS/c1-11-13(24-15(18)21-11)8-5-9-19-14(17)22-16(23)20-10-12-6-3-2-4-7-12/h2-4,6-7H,5,8-10H2,1H3,(H2,18,21)(H4,17,19,20,22,23). The SMILES string of the molecule is Cc1nc(N)sc1CCCN=C(N)NC(=O)NCc1ccccc1. The van der Waals surface area contributed by atoms with Crippen molar-refractivity contribution in [3.05, 3.63) is 46.5 Å². The van der Waals surface area contributed by atoms with Crippen molar-refractivity contribution in [2.24, 2.45) is 10.7 Å². The van der Waals surface area contributed by atoms with Gasteiger partial charge in [0.25, 0.3) is 0 Å². The van der Waals surface area contributed by atoms with E-state index in [2.05, 4.69) is 20.6 Å². The molecule has 0 saturated heterocycles. The van der Waals surface area contributed by atoms with E-state index in [1.54, 1.807) is 0 Å². The van der Waals surface area contributed by atoms with Crippen molar-refractivity contribution in [3.63, 3.8) is 0 Å². The Labute approximate surface area is 145 Å². The second kappa shape index (κ2) is 8.88. The first kappa shape index (κ1) is 17.7. The minimum absolute atomic E-state index is 0.112. The molecule has 8 heteroatoms. The van der Waals surface area contributed by atoms with Crippen molar-refractivity contribution in [1.82, 2.24) is 15.6 Å². The molecule has 0 atom stereocenters. The molecule has 24 heavy (non-hydrogen) atoms. The summed E-state index contributed by atoms with van der Waals surface area (Å²) in [5.41, 5.74) is 13.3. The number of aromatic nitrogens is 1. The molecule has 0 saturated carbocycles. The van der Waals surface area contributed by atoms with Crippen LogP contribution in [0.5, 0.6) is 0 Å². The van der Waals surface area contributed by atoms with Gasteiger partial charge in [0.15, 0.2) is 11.1 Å². The number of rotatable bonds is 6. The lowest BCUT2D eigenvalue weighted by Crippen LogP contribution is -2.43. The molecule has 2 aromatic rings. The monoisotopic (exact) mass is 346 g/mol. The number of aryl methyl sites for hydroxylation is 2. The molecule has 2 amide bonds. The van der Waals surface area contributed by atoms with Crippen molar-refractivity contribution in [2.75, 3.05) is 12.3 Å². The van der Waals surface area contributed by atoms with Gasteiger partial charge in [-0.05, 0) is 25.3 Å². The number of carbonyl (C=O) groups excluding carboxylic acids is 1. The van der Waals surface area contributed by atoms with Crippen LogP contribution >= 0.6 is 11.3 Å². The van der Waals surface area contributed by atoms with Crippen LogP contribution in [0.3, 0.4) is 0 Å². The predicted molar refractivity (Wildman–Crippen MR) is 97.9 cm³/mol. The molecule has 0 aliphatic carbocycles. The maximum Gasteiger partial charge on any atom is 0.321 e. The van der Waals surface area contributed by atoms with E-state index in [-0.39, 0.29) is 12.0 Å². The first-order chi connectivity index (χ1) is 11.5. The fourth-order valence-corrected chi connectivity index (χ4v) is 2.97. The van der Waals surface area contributed by atoms with Gasteiger partial charge in [-0.2, -0.15) is 0 Å². The highest BCUT2D eigenvalue weighted by Gasteiger charge is 2.05. The Kier molecular flexibility index (Phi) is 6.56. The van der Waals surface area contributed by atoms with Crippen LogP contribution < -0.4 is 22.1 Å². The average Bonchev–Trinajstić information content (AvgIpc) is 2.88. The van der Waals surface area contributed by atoms with Gasteiger partial charge in [-0.1, -0.05) is 30.3 Å². The first-order valence-electron chi connectivity index (χ1n) is 7.65. The molecule has 6 N–H and O–H groups in total. The molecular weight excluding hydrogens is 324 g/mol. The van der Waals surface area contributed by atoms with Gasteiger partial charge in [0.05, 0.1) is 5.69 Å². The van der Waals surface area contributed by atoms with Gasteiger partial charge in [0, 0.05) is 18.0 Å². The molecule has 2 rings (SSSR count). The van der Waals surface area contributed by atoms with Crippen LogP contribution in [-0.4, -0.2) is 23.5 Å². The number of hydrogen-bond acceptors (Lipinski definition) is 5. The van der Waals surface area contributed by atoms with E-state index < -0.39 is 0 Å². The van der Waals surface area contributed by atoms with Gasteiger partial charge >= 0.3 is 6.03 Å². The Bertz CT molecular complexity index is 698. The van der Waals surface area contributed by atoms with Gasteiger partial charge in [0.2, 0.25) is 0 Å². The molecule has 0 spiro atoms. The van der Waals surface area contributed by atoms with Gasteiger partial charge in [0.1, 0.15) is 0 Å². The number of aliphatic imine (C=N–C) groups is 1. The molecule has 128 valence electrons. The lowest BCUT2D eigenvalue weighted by Gasteiger charge is -2.07. The van der Waals surface area contributed by atoms with Crippen LogP contribution in [0.4, 0.5) is 9.93 Å². The van der Waals surface area contributed by atoms with Crippen molar-refractivity contribution in [1.29, 1.82) is 0 Å². The number of nitrogens with one attached hydrogen (secondary N) is 2. The van der Waals surface area contributed by atoms with E-state index in [1.165, 1.54) is 11.3 Å². The third-order valence-corrected chi connectivity index (χ3v) is 4.34. The van der Waals surface area contributed by atoms with Crippen LogP contribution in [-0.2, 0) is 13.0 Å². The number of nitrogens with zero attached hydrogens (tertiary/aromatic N) is 2. The molecule has 1 aromatic heterocycles. The van der Waals surface area contributed by atoms with E-state index in [1.807, 2.05) is 37.3 Å². The summed E-state index contributed by atoms with van der Waals surface area (Å²) in [5, 5.41) is 5.82. The number of hydrogen-bond donors (Lipinski definition) is 4. The summed E-state index contributed by atoms with van der Waals surface area (Å²) in [6.07, 6.45) is 1.66. The van der Waals surface area contributed by atoms with Gasteiger partial charge in [-0.3, -0.25) is 10.3 Å². The molecule has 0 aliphatic rings. The Morgan fingerprint density at radius 2 is 2.08 bits per heavy atom. The van der Waals surface area contributed by atoms with Gasteiger partial charge < -0.3 is 16.8 Å². The molecule has 7 nitrogen and oxygen atoms in total. The fraction of sp³-hybridized carbons (Fsp3) is 0.312. The second-order valence-corrected chi connectivity index (χ2v) is 6.34. The summed E-state index contributed by atoms with van der Waals surface area (Å²) in [4.78, 5) is 21.2. The van der Waals surface area contributed by atoms with E-state index >= 15 is 0 Å². The number of anilines is 1. The van der Waals surface area contributed by atoms with Crippen LogP contribution in [0, 0.1) is 6.92 Å². The summed E-state index contributed by atoms with van der Waals surface area (Å²) >= 11 is 1.50. The summed E-state index contributed by atoms with van der Waals surface area (Å²) in [5.74, 6) is 0.112. The molecule has 0 bridgehead atoms. The molecule has 0 aliphatic heterocycles. The molecule has 1 heterocycles. The summed E-state index contributed by atoms with van der Waals surface area (Å²) in [6, 6.07) is 9.27. The molecule has 1 aromatic carbocycles. The van der Waals surface area contributed by atoms with Crippen molar-refractivity contribution >= 4 is 28.5 Å². The van der Waals surface area contributed by atoms with Crippen LogP contribution in [0.1, 0.15) is 22.6 Å². The number of urea groups is 1. The van der Waals surface area contributed by atoms with Gasteiger partial charge in [-0.15, -0.1) is 11.3 Å². The first-order valence-corrected chi connectivity index (χ1v) is 8.46.